The molecular formula is C29H25NO4S2. The monoisotopic (exact) mass is 515 g/mol. The second-order valence-electron chi connectivity index (χ2n) is 8.28. The van der Waals surface area contributed by atoms with Crippen LogP contribution in [0.3, 0.4) is 0 Å². The number of rotatable bonds is 9. The lowest BCUT2D eigenvalue weighted by molar-refractivity contribution is 0.104. The fraction of sp³-hybridized carbons (Fsp3) is 0.172. The number of ether oxygens (including phenoxy) is 3. The van der Waals surface area contributed by atoms with Gasteiger partial charge in [-0.3, -0.25) is 4.79 Å². The predicted octanol–water partition coefficient (Wildman–Crippen LogP) is 7.20. The summed E-state index contributed by atoms with van der Waals surface area (Å²) in [5.41, 5.74) is 3.47. The highest BCUT2D eigenvalue weighted by Gasteiger charge is 2.22. The highest BCUT2D eigenvalue weighted by molar-refractivity contribution is 7.22. The van der Waals surface area contributed by atoms with Gasteiger partial charge in [0, 0.05) is 43.6 Å². The van der Waals surface area contributed by atoms with E-state index in [9.17, 15) is 4.79 Å². The molecular weight excluding hydrogens is 490 g/mol. The van der Waals surface area contributed by atoms with E-state index in [1.807, 2.05) is 72.9 Å². The van der Waals surface area contributed by atoms with Crippen LogP contribution in [-0.2, 0) is 6.42 Å². The van der Waals surface area contributed by atoms with Crippen LogP contribution in [0.1, 0.15) is 26.4 Å². The number of fused-ring (bicyclic) bond motifs is 1. The number of methoxy groups -OCH3 is 2. The van der Waals surface area contributed by atoms with Gasteiger partial charge in [0.15, 0.2) is 5.78 Å². The average molecular weight is 516 g/mol. The third-order valence-corrected chi connectivity index (χ3v) is 8.20. The number of hydrogen-bond acceptors (Lipinski definition) is 7. The number of aryl methyl sites for hydroxylation is 1. The van der Waals surface area contributed by atoms with E-state index in [-0.39, 0.29) is 5.78 Å². The molecule has 5 aromatic rings. The Morgan fingerprint density at radius 2 is 1.58 bits per heavy atom. The molecule has 0 amide bonds. The zero-order valence-corrected chi connectivity index (χ0v) is 21.9. The van der Waals surface area contributed by atoms with Gasteiger partial charge in [0.2, 0.25) is 0 Å². The van der Waals surface area contributed by atoms with Crippen LogP contribution in [0.15, 0.2) is 72.9 Å². The van der Waals surface area contributed by atoms with E-state index >= 15 is 0 Å². The number of benzene rings is 3. The van der Waals surface area contributed by atoms with Crippen LogP contribution >= 0.6 is 22.9 Å². The van der Waals surface area contributed by atoms with Gasteiger partial charge in [-0.05, 0) is 96.3 Å². The Hall–Kier alpha value is -3.68. The number of ketones is 1. The van der Waals surface area contributed by atoms with Gasteiger partial charge < -0.3 is 14.2 Å². The van der Waals surface area contributed by atoms with Crippen molar-refractivity contribution in [3.8, 4) is 27.7 Å². The van der Waals surface area contributed by atoms with E-state index in [2.05, 4.69) is 11.3 Å². The molecule has 0 unspecified atom stereocenters. The largest absolute Gasteiger partial charge is 0.497 e. The van der Waals surface area contributed by atoms with E-state index < -0.39 is 0 Å². The van der Waals surface area contributed by atoms with Crippen LogP contribution < -0.4 is 14.2 Å². The molecule has 36 heavy (non-hydrogen) atoms. The van der Waals surface area contributed by atoms with E-state index in [1.54, 1.807) is 25.6 Å². The highest BCUT2D eigenvalue weighted by atomic mass is 32.1. The number of thiophene rings is 1. The van der Waals surface area contributed by atoms with Gasteiger partial charge in [-0.15, -0.1) is 11.3 Å². The fourth-order valence-electron chi connectivity index (χ4n) is 4.04. The van der Waals surface area contributed by atoms with E-state index in [0.29, 0.717) is 17.7 Å². The first-order chi connectivity index (χ1) is 17.6. The van der Waals surface area contributed by atoms with Crippen LogP contribution in [0.5, 0.6) is 17.2 Å². The van der Waals surface area contributed by atoms with Gasteiger partial charge in [-0.1, -0.05) is 0 Å². The normalized spacial score (nSPS) is 11.0. The molecule has 0 aliphatic carbocycles. The van der Waals surface area contributed by atoms with Gasteiger partial charge in [0.25, 0.3) is 0 Å². The van der Waals surface area contributed by atoms with Crippen LogP contribution in [-0.4, -0.2) is 31.0 Å². The first-order valence-corrected chi connectivity index (χ1v) is 13.1. The Bertz CT molecular complexity index is 1500. The molecule has 0 spiro atoms. The molecule has 7 heteroatoms. The Balaban J connectivity index is 1.44. The predicted molar refractivity (Wildman–Crippen MR) is 146 cm³/mol. The van der Waals surface area contributed by atoms with Crippen molar-refractivity contribution in [3.05, 3.63) is 94.5 Å². The molecule has 0 saturated carbocycles. The fourth-order valence-corrected chi connectivity index (χ4v) is 5.98. The van der Waals surface area contributed by atoms with Crippen molar-refractivity contribution in [1.82, 2.24) is 4.37 Å². The zero-order valence-electron chi connectivity index (χ0n) is 20.2. The summed E-state index contributed by atoms with van der Waals surface area (Å²) in [5.74, 6) is 2.25. The van der Waals surface area contributed by atoms with Crippen molar-refractivity contribution < 1.29 is 19.0 Å². The van der Waals surface area contributed by atoms with Gasteiger partial charge in [0.1, 0.15) is 17.2 Å². The summed E-state index contributed by atoms with van der Waals surface area (Å²) in [6, 6.07) is 21.0. The zero-order chi connectivity index (χ0) is 25.1. The Labute approximate surface area is 218 Å². The third kappa shape index (κ3) is 4.85. The number of carbonyl (C=O) groups excluding carboxylic acids is 1. The second-order valence-corrected chi connectivity index (χ2v) is 10.2. The van der Waals surface area contributed by atoms with Gasteiger partial charge in [0.05, 0.1) is 20.8 Å². The van der Waals surface area contributed by atoms with Crippen molar-refractivity contribution >= 4 is 38.7 Å². The van der Waals surface area contributed by atoms with Crippen molar-refractivity contribution in [3.63, 3.8) is 0 Å². The lowest BCUT2D eigenvalue weighted by Crippen LogP contribution is -2.04. The average Bonchev–Trinajstić information content (AvgIpc) is 3.51. The molecule has 0 fully saturated rings. The van der Waals surface area contributed by atoms with E-state index in [0.717, 1.165) is 44.2 Å². The first kappa shape index (κ1) is 24.0. The molecule has 5 nitrogen and oxygen atoms in total. The minimum Gasteiger partial charge on any atom is -0.497 e. The molecule has 3 aromatic carbocycles. The molecule has 2 aromatic heterocycles. The number of nitrogens with zero attached hydrogens (tertiary/aromatic N) is 1. The maximum absolute atomic E-state index is 13.8. The summed E-state index contributed by atoms with van der Waals surface area (Å²) in [7, 11) is 3.29. The van der Waals surface area contributed by atoms with Gasteiger partial charge in [-0.2, -0.15) is 0 Å². The number of aromatic nitrogens is 1. The topological polar surface area (TPSA) is 57.7 Å². The molecule has 182 valence electrons. The summed E-state index contributed by atoms with van der Waals surface area (Å²) in [5, 5.41) is 0.914. The molecule has 0 atom stereocenters. The van der Waals surface area contributed by atoms with Crippen LogP contribution in [0.25, 0.3) is 20.5 Å². The Morgan fingerprint density at radius 1 is 0.889 bits per heavy atom. The quantitative estimate of drug-likeness (QED) is 0.194. The SMILES string of the molecule is COc1ccc(-c2sc3cc(OC)ccc3c2C(=O)c2ccc(OCCc3sncc3C)cc2)cc1. The van der Waals surface area contributed by atoms with Gasteiger partial charge >= 0.3 is 0 Å². The summed E-state index contributed by atoms with van der Waals surface area (Å²) in [4.78, 5) is 16.0. The van der Waals surface area contributed by atoms with Crippen LogP contribution in [0.4, 0.5) is 0 Å². The van der Waals surface area contributed by atoms with Crippen molar-refractivity contribution in [1.29, 1.82) is 0 Å². The molecule has 0 aliphatic heterocycles. The molecule has 2 heterocycles. The van der Waals surface area contributed by atoms with Crippen LogP contribution in [0.2, 0.25) is 0 Å². The summed E-state index contributed by atoms with van der Waals surface area (Å²) >= 11 is 3.09. The van der Waals surface area contributed by atoms with E-state index in [1.165, 1.54) is 22.0 Å². The molecule has 0 aliphatic rings. The number of hydrogen-bond donors (Lipinski definition) is 0. The molecule has 0 radical (unpaired) electrons. The van der Waals surface area contributed by atoms with Gasteiger partial charge in [-0.25, -0.2) is 4.37 Å². The lowest BCUT2D eigenvalue weighted by atomic mass is 9.97. The maximum Gasteiger partial charge on any atom is 0.195 e. The lowest BCUT2D eigenvalue weighted by Gasteiger charge is -2.08. The van der Waals surface area contributed by atoms with Crippen LogP contribution in [0, 0.1) is 6.92 Å². The second kappa shape index (κ2) is 10.5. The van der Waals surface area contributed by atoms with E-state index in [4.69, 9.17) is 14.2 Å². The van der Waals surface area contributed by atoms with Crippen molar-refractivity contribution in [2.75, 3.05) is 20.8 Å². The molecule has 0 bridgehead atoms. The Morgan fingerprint density at radius 3 is 2.25 bits per heavy atom. The van der Waals surface area contributed by atoms with Crippen molar-refractivity contribution in [2.45, 2.75) is 13.3 Å². The maximum atomic E-state index is 13.8. The molecule has 0 N–H and O–H groups in total. The standard InChI is InChI=1S/C29H25NO4S2/c1-18-17-30-36-25(18)14-15-34-22-10-4-19(5-11-22)28(31)27-24-13-12-23(33-3)16-26(24)35-29(27)20-6-8-21(32-2)9-7-20/h4-13,16-17H,14-15H2,1-3H3. The molecule has 5 rings (SSSR count). The minimum absolute atomic E-state index is 0.0240. The Kier molecular flexibility index (Phi) is 7.02. The summed E-state index contributed by atoms with van der Waals surface area (Å²) in [6.45, 7) is 2.62. The first-order valence-electron chi connectivity index (χ1n) is 11.5. The summed E-state index contributed by atoms with van der Waals surface area (Å²) in [6.07, 6.45) is 2.69. The minimum atomic E-state index is -0.0240. The molecule has 0 saturated heterocycles. The summed E-state index contributed by atoms with van der Waals surface area (Å²) < 4.78 is 21.9. The number of carbonyl (C=O) groups is 1. The third-order valence-electron chi connectivity index (χ3n) is 6.04. The van der Waals surface area contributed by atoms with Crippen molar-refractivity contribution in [2.24, 2.45) is 0 Å². The smallest absolute Gasteiger partial charge is 0.195 e. The highest BCUT2D eigenvalue weighted by Crippen LogP contribution is 2.41.